The van der Waals surface area contributed by atoms with Crippen LogP contribution in [0.4, 0.5) is 0 Å². The summed E-state index contributed by atoms with van der Waals surface area (Å²) < 4.78 is 0. The second kappa shape index (κ2) is 5.83. The third-order valence-electron chi connectivity index (χ3n) is 3.82. The van der Waals surface area contributed by atoms with Crippen molar-refractivity contribution in [2.45, 2.75) is 44.7 Å². The average Bonchev–Trinajstić information content (AvgIpc) is 3.06. The maximum absolute atomic E-state index is 11.8. The van der Waals surface area contributed by atoms with Crippen molar-refractivity contribution < 1.29 is 4.79 Å². The van der Waals surface area contributed by atoms with Gasteiger partial charge in [0.15, 0.2) is 0 Å². The van der Waals surface area contributed by atoms with Gasteiger partial charge in [0.2, 0.25) is 5.91 Å². The smallest absolute Gasteiger partial charge is 0.221 e. The van der Waals surface area contributed by atoms with Crippen molar-refractivity contribution in [3.05, 3.63) is 0 Å². The lowest BCUT2D eigenvalue weighted by molar-refractivity contribution is -0.122. The quantitative estimate of drug-likeness (QED) is 0.738. The van der Waals surface area contributed by atoms with E-state index in [-0.39, 0.29) is 5.91 Å². The van der Waals surface area contributed by atoms with Gasteiger partial charge in [-0.1, -0.05) is 6.92 Å². The normalized spacial score (nSPS) is 30.2. The molecule has 2 unspecified atom stereocenters. The largest absolute Gasteiger partial charge is 0.353 e. The van der Waals surface area contributed by atoms with E-state index in [4.69, 9.17) is 0 Å². The van der Waals surface area contributed by atoms with E-state index in [9.17, 15) is 4.79 Å². The fourth-order valence-electron chi connectivity index (χ4n) is 2.52. The first-order valence-corrected chi connectivity index (χ1v) is 6.86. The standard InChI is InChI=1S/C13H25N3O/c1-10-9-16(2)8-6-12(10)15-13(17)5-7-14-11-3-4-11/h10-12,14H,3-9H2,1-2H3,(H,15,17). The number of likely N-dealkylation sites (tertiary alicyclic amines) is 1. The van der Waals surface area contributed by atoms with E-state index in [1.54, 1.807) is 0 Å². The third-order valence-corrected chi connectivity index (χ3v) is 3.82. The van der Waals surface area contributed by atoms with E-state index in [1.807, 2.05) is 0 Å². The molecule has 0 aromatic heterocycles. The number of carbonyl (C=O) groups is 1. The molecule has 1 aliphatic carbocycles. The minimum Gasteiger partial charge on any atom is -0.353 e. The first-order chi connectivity index (χ1) is 8.15. The molecule has 1 saturated carbocycles. The molecule has 17 heavy (non-hydrogen) atoms. The summed E-state index contributed by atoms with van der Waals surface area (Å²) in [6.07, 6.45) is 4.27. The first-order valence-electron chi connectivity index (χ1n) is 6.86. The molecule has 1 saturated heterocycles. The lowest BCUT2D eigenvalue weighted by Crippen LogP contribution is -2.49. The van der Waals surface area contributed by atoms with E-state index >= 15 is 0 Å². The molecule has 0 spiro atoms. The Labute approximate surface area is 104 Å². The van der Waals surface area contributed by atoms with Crippen molar-refractivity contribution in [2.75, 3.05) is 26.7 Å². The minimum absolute atomic E-state index is 0.208. The number of piperidine rings is 1. The molecule has 0 bridgehead atoms. The maximum Gasteiger partial charge on any atom is 0.221 e. The highest BCUT2D eigenvalue weighted by atomic mass is 16.1. The molecule has 4 nitrogen and oxygen atoms in total. The summed E-state index contributed by atoms with van der Waals surface area (Å²) in [5.41, 5.74) is 0. The van der Waals surface area contributed by atoms with Crippen LogP contribution in [-0.2, 0) is 4.79 Å². The summed E-state index contributed by atoms with van der Waals surface area (Å²) in [7, 11) is 2.15. The minimum atomic E-state index is 0.208. The second-order valence-corrected chi connectivity index (χ2v) is 5.68. The van der Waals surface area contributed by atoms with Gasteiger partial charge in [-0.05, 0) is 38.8 Å². The van der Waals surface area contributed by atoms with Gasteiger partial charge in [0.1, 0.15) is 0 Å². The summed E-state index contributed by atoms with van der Waals surface area (Å²) in [5.74, 6) is 0.772. The fraction of sp³-hybridized carbons (Fsp3) is 0.923. The Bertz CT molecular complexity index is 265. The van der Waals surface area contributed by atoms with Crippen LogP contribution in [-0.4, -0.2) is 49.6 Å². The molecule has 0 aromatic rings. The van der Waals surface area contributed by atoms with E-state index in [1.165, 1.54) is 12.8 Å². The molecule has 98 valence electrons. The van der Waals surface area contributed by atoms with Gasteiger partial charge in [0.05, 0.1) is 0 Å². The molecule has 1 amide bonds. The number of amides is 1. The molecule has 1 aliphatic heterocycles. The predicted molar refractivity (Wildman–Crippen MR) is 68.9 cm³/mol. The Hall–Kier alpha value is -0.610. The molecule has 0 radical (unpaired) electrons. The lowest BCUT2D eigenvalue weighted by atomic mass is 9.94. The zero-order chi connectivity index (χ0) is 12.3. The number of hydrogen-bond donors (Lipinski definition) is 2. The second-order valence-electron chi connectivity index (χ2n) is 5.68. The molecule has 2 fully saturated rings. The molecular weight excluding hydrogens is 214 g/mol. The molecule has 2 rings (SSSR count). The summed E-state index contributed by atoms with van der Waals surface area (Å²) in [5, 5.41) is 6.55. The molecule has 2 N–H and O–H groups in total. The molecule has 1 heterocycles. The number of carbonyl (C=O) groups excluding carboxylic acids is 1. The third kappa shape index (κ3) is 4.28. The SMILES string of the molecule is CC1CN(C)CCC1NC(=O)CCNC1CC1. The molecule has 2 atom stereocenters. The van der Waals surface area contributed by atoms with Crippen LogP contribution in [0.2, 0.25) is 0 Å². The summed E-state index contributed by atoms with van der Waals surface area (Å²) in [4.78, 5) is 14.1. The summed E-state index contributed by atoms with van der Waals surface area (Å²) in [6, 6.07) is 1.07. The van der Waals surface area contributed by atoms with Crippen LogP contribution in [0.1, 0.15) is 32.6 Å². The molecule has 0 aromatic carbocycles. The van der Waals surface area contributed by atoms with Crippen molar-refractivity contribution >= 4 is 5.91 Å². The number of nitrogens with zero attached hydrogens (tertiary/aromatic N) is 1. The zero-order valence-electron chi connectivity index (χ0n) is 11.0. The highest BCUT2D eigenvalue weighted by Gasteiger charge is 2.25. The topological polar surface area (TPSA) is 44.4 Å². The number of nitrogens with one attached hydrogen (secondary N) is 2. The Morgan fingerprint density at radius 1 is 1.35 bits per heavy atom. The van der Waals surface area contributed by atoms with E-state index < -0.39 is 0 Å². The van der Waals surface area contributed by atoms with E-state index in [0.29, 0.717) is 24.4 Å². The van der Waals surface area contributed by atoms with Crippen molar-refractivity contribution in [2.24, 2.45) is 5.92 Å². The summed E-state index contributed by atoms with van der Waals surface area (Å²) >= 11 is 0. The highest BCUT2D eigenvalue weighted by Crippen LogP contribution is 2.18. The predicted octanol–water partition coefficient (Wildman–Crippen LogP) is 0.585. The van der Waals surface area contributed by atoms with Gasteiger partial charge < -0.3 is 15.5 Å². The molecular formula is C13H25N3O. The van der Waals surface area contributed by atoms with Gasteiger partial charge in [-0.3, -0.25) is 4.79 Å². The van der Waals surface area contributed by atoms with Crippen LogP contribution in [0, 0.1) is 5.92 Å². The van der Waals surface area contributed by atoms with Crippen LogP contribution in [0.15, 0.2) is 0 Å². The Morgan fingerprint density at radius 3 is 2.76 bits per heavy atom. The summed E-state index contributed by atoms with van der Waals surface area (Å²) in [6.45, 7) is 5.24. The highest BCUT2D eigenvalue weighted by molar-refractivity contribution is 5.76. The van der Waals surface area contributed by atoms with Gasteiger partial charge in [-0.2, -0.15) is 0 Å². The number of rotatable bonds is 5. The van der Waals surface area contributed by atoms with Gasteiger partial charge in [-0.15, -0.1) is 0 Å². The maximum atomic E-state index is 11.8. The van der Waals surface area contributed by atoms with Crippen LogP contribution in [0.5, 0.6) is 0 Å². The Morgan fingerprint density at radius 2 is 2.12 bits per heavy atom. The van der Waals surface area contributed by atoms with E-state index in [0.717, 1.165) is 26.1 Å². The van der Waals surface area contributed by atoms with Gasteiger partial charge in [0.25, 0.3) is 0 Å². The average molecular weight is 239 g/mol. The Balaban J connectivity index is 1.62. The number of hydrogen-bond acceptors (Lipinski definition) is 3. The van der Waals surface area contributed by atoms with Crippen molar-refractivity contribution in [1.29, 1.82) is 0 Å². The van der Waals surface area contributed by atoms with Gasteiger partial charge in [0, 0.05) is 31.6 Å². The van der Waals surface area contributed by atoms with Gasteiger partial charge in [-0.25, -0.2) is 0 Å². The fourth-order valence-corrected chi connectivity index (χ4v) is 2.52. The van der Waals surface area contributed by atoms with Gasteiger partial charge >= 0.3 is 0 Å². The lowest BCUT2D eigenvalue weighted by Gasteiger charge is -2.35. The van der Waals surface area contributed by atoms with Crippen LogP contribution in [0.25, 0.3) is 0 Å². The molecule has 4 heteroatoms. The van der Waals surface area contributed by atoms with E-state index in [2.05, 4.69) is 29.5 Å². The monoisotopic (exact) mass is 239 g/mol. The van der Waals surface area contributed by atoms with Crippen LogP contribution >= 0.6 is 0 Å². The first kappa shape index (κ1) is 12.8. The Kier molecular flexibility index (Phi) is 4.40. The van der Waals surface area contributed by atoms with Crippen LogP contribution in [0.3, 0.4) is 0 Å². The van der Waals surface area contributed by atoms with Crippen molar-refractivity contribution in [1.82, 2.24) is 15.5 Å². The van der Waals surface area contributed by atoms with Crippen molar-refractivity contribution in [3.8, 4) is 0 Å². The molecule has 2 aliphatic rings. The zero-order valence-corrected chi connectivity index (χ0v) is 11.0. The van der Waals surface area contributed by atoms with Crippen LogP contribution < -0.4 is 10.6 Å². The van der Waals surface area contributed by atoms with Crippen molar-refractivity contribution in [3.63, 3.8) is 0 Å².